The van der Waals surface area contributed by atoms with Crippen molar-refractivity contribution in [2.24, 2.45) is 23.2 Å². The summed E-state index contributed by atoms with van der Waals surface area (Å²) in [5, 5.41) is 24.3. The van der Waals surface area contributed by atoms with Crippen LogP contribution in [0.15, 0.2) is 41.6 Å². The molecular weight excluding hydrogens is 556 g/mol. The van der Waals surface area contributed by atoms with Crippen LogP contribution in [0, 0.1) is 23.2 Å². The zero-order valence-corrected chi connectivity index (χ0v) is 27.7. The second kappa shape index (κ2) is 13.6. The Labute approximate surface area is 263 Å². The van der Waals surface area contributed by atoms with Gasteiger partial charge in [-0.1, -0.05) is 51.5 Å². The Morgan fingerprint density at radius 3 is 2.77 bits per heavy atom. The van der Waals surface area contributed by atoms with Crippen molar-refractivity contribution < 1.29 is 19.7 Å². The molecule has 0 aromatic carbocycles. The lowest BCUT2D eigenvalue weighted by molar-refractivity contribution is 0.0533. The standard InChI is InChI=1S/C36H54N2O4S/c1-6-7-10-28-22-38-33(43-28)36(18-19-36)32(42-34(41)37-5)16-11-23(2)29-14-15-30-25(9-8-17-35(29,30)4)12-13-26-20-27(39)21-31(40)24(26)3/h12-13,22-23,27,29-32,39-40H,3,6-11,14-21H2,1-2,4-5H3,(H,37,41)/b25-12+,26-13-/t23-,27-,29-,30+,31+,32+,35-/m1/s1. The zero-order chi connectivity index (χ0) is 30.8. The Bertz CT molecular complexity index is 1220. The number of aryl methyl sites for hydroxylation is 1. The minimum atomic E-state index is -0.647. The van der Waals surface area contributed by atoms with Gasteiger partial charge in [0.25, 0.3) is 0 Å². The van der Waals surface area contributed by atoms with E-state index in [0.29, 0.717) is 30.6 Å². The first-order valence-electron chi connectivity index (χ1n) is 16.9. The summed E-state index contributed by atoms with van der Waals surface area (Å²) in [6, 6.07) is 0. The van der Waals surface area contributed by atoms with Crippen LogP contribution in [0.3, 0.4) is 0 Å². The van der Waals surface area contributed by atoms with Crippen molar-refractivity contribution in [1.29, 1.82) is 0 Å². The number of hydrogen-bond donors (Lipinski definition) is 3. The number of carbonyl (C=O) groups is 1. The smallest absolute Gasteiger partial charge is 0.407 e. The van der Waals surface area contributed by atoms with Crippen molar-refractivity contribution in [3.63, 3.8) is 0 Å². The first-order valence-corrected chi connectivity index (χ1v) is 17.7. The zero-order valence-electron chi connectivity index (χ0n) is 26.9. The quantitative estimate of drug-likeness (QED) is 0.238. The molecule has 1 aromatic heterocycles. The number of rotatable bonds is 11. The summed E-state index contributed by atoms with van der Waals surface area (Å²) in [5.74, 6) is 1.75. The first kappa shape index (κ1) is 32.4. The van der Waals surface area contributed by atoms with Crippen LogP contribution in [-0.2, 0) is 16.6 Å². The molecule has 0 spiro atoms. The van der Waals surface area contributed by atoms with Crippen LogP contribution in [0.2, 0.25) is 0 Å². The van der Waals surface area contributed by atoms with E-state index in [1.54, 1.807) is 7.05 Å². The van der Waals surface area contributed by atoms with Gasteiger partial charge in [-0.15, -0.1) is 11.3 Å². The number of carbonyl (C=O) groups excluding carboxylic acids is 1. The van der Waals surface area contributed by atoms with Crippen LogP contribution in [0.25, 0.3) is 0 Å². The van der Waals surface area contributed by atoms with Crippen LogP contribution in [0.1, 0.15) is 114 Å². The fourth-order valence-corrected chi connectivity index (χ4v) is 9.99. The number of aromatic nitrogens is 1. The molecule has 1 amide bonds. The Morgan fingerprint density at radius 2 is 2.05 bits per heavy atom. The van der Waals surface area contributed by atoms with Crippen molar-refractivity contribution in [2.75, 3.05) is 7.05 Å². The van der Waals surface area contributed by atoms with Gasteiger partial charge in [0.15, 0.2) is 0 Å². The predicted molar refractivity (Wildman–Crippen MR) is 174 cm³/mol. The van der Waals surface area contributed by atoms with Crippen molar-refractivity contribution in [3.05, 3.63) is 51.5 Å². The van der Waals surface area contributed by atoms with Crippen molar-refractivity contribution in [2.45, 2.75) is 134 Å². The second-order valence-corrected chi connectivity index (χ2v) is 15.4. The number of aliphatic hydroxyl groups excluding tert-OH is 2. The molecule has 4 saturated carbocycles. The molecule has 1 aromatic rings. The molecule has 3 N–H and O–H groups in total. The van der Waals surface area contributed by atoms with Crippen LogP contribution in [-0.4, -0.2) is 46.6 Å². The van der Waals surface area contributed by atoms with E-state index in [9.17, 15) is 15.0 Å². The molecule has 238 valence electrons. The van der Waals surface area contributed by atoms with Crippen molar-refractivity contribution in [1.82, 2.24) is 10.3 Å². The van der Waals surface area contributed by atoms with E-state index < -0.39 is 12.2 Å². The Hall–Kier alpha value is -1.96. The number of fused-ring (bicyclic) bond motifs is 1. The summed E-state index contributed by atoms with van der Waals surface area (Å²) >= 11 is 1.83. The van der Waals surface area contributed by atoms with Gasteiger partial charge in [0, 0.05) is 24.5 Å². The fourth-order valence-electron chi connectivity index (χ4n) is 8.74. The highest BCUT2D eigenvalue weighted by molar-refractivity contribution is 7.11. The van der Waals surface area contributed by atoms with Crippen LogP contribution < -0.4 is 5.32 Å². The molecule has 7 atom stereocenters. The molecule has 0 radical (unpaired) electrons. The lowest BCUT2D eigenvalue weighted by Crippen LogP contribution is -2.38. The van der Waals surface area contributed by atoms with E-state index in [2.05, 4.69) is 44.8 Å². The average Bonchev–Trinajstić information content (AvgIpc) is 3.50. The number of nitrogens with one attached hydrogen (secondary N) is 1. The molecule has 0 aliphatic heterocycles. The number of hydrogen-bond acceptors (Lipinski definition) is 6. The fraction of sp³-hybridized carbons (Fsp3) is 0.722. The molecule has 43 heavy (non-hydrogen) atoms. The van der Waals surface area contributed by atoms with Gasteiger partial charge in [-0.3, -0.25) is 0 Å². The highest BCUT2D eigenvalue weighted by Gasteiger charge is 2.56. The number of aliphatic hydroxyl groups is 2. The van der Waals surface area contributed by atoms with E-state index in [1.807, 2.05) is 17.5 Å². The summed E-state index contributed by atoms with van der Waals surface area (Å²) in [6.07, 6.45) is 19.3. The third-order valence-electron chi connectivity index (χ3n) is 11.5. The second-order valence-electron chi connectivity index (χ2n) is 14.3. The molecular formula is C36H54N2O4S. The lowest BCUT2D eigenvalue weighted by atomic mass is 9.60. The van der Waals surface area contributed by atoms with E-state index >= 15 is 0 Å². The molecule has 0 saturated heterocycles. The lowest BCUT2D eigenvalue weighted by Gasteiger charge is -2.44. The highest BCUT2D eigenvalue weighted by Crippen LogP contribution is 2.60. The number of ether oxygens (including phenoxy) is 1. The van der Waals surface area contributed by atoms with E-state index in [1.165, 1.54) is 49.0 Å². The number of unbranched alkanes of at least 4 members (excludes halogenated alkanes) is 1. The number of nitrogens with zero attached hydrogens (tertiary/aromatic N) is 1. The van der Waals surface area contributed by atoms with E-state index in [-0.39, 0.29) is 23.0 Å². The maximum absolute atomic E-state index is 12.5. The van der Waals surface area contributed by atoms with Crippen molar-refractivity contribution in [3.8, 4) is 0 Å². The molecule has 4 aliphatic carbocycles. The van der Waals surface area contributed by atoms with Gasteiger partial charge in [0.2, 0.25) is 0 Å². The van der Waals surface area contributed by atoms with Crippen LogP contribution in [0.4, 0.5) is 4.79 Å². The summed E-state index contributed by atoms with van der Waals surface area (Å²) < 4.78 is 6.11. The summed E-state index contributed by atoms with van der Waals surface area (Å²) in [5.41, 5.74) is 3.42. The maximum atomic E-state index is 12.5. The maximum Gasteiger partial charge on any atom is 0.407 e. The van der Waals surface area contributed by atoms with Crippen LogP contribution in [0.5, 0.6) is 0 Å². The molecule has 6 nitrogen and oxygen atoms in total. The SMILES string of the molecule is C=C1/C(=C\C=C2/CCC[C@]3(C)[C@@H]([C@H](C)CC[C@H](OC(=O)NC)C4(c5ncc(CCCC)s5)CC4)CC[C@@H]23)C[C@@H](O)C[C@@H]1O. The highest BCUT2D eigenvalue weighted by atomic mass is 32.1. The van der Waals surface area contributed by atoms with Gasteiger partial charge in [0.05, 0.1) is 17.6 Å². The summed E-state index contributed by atoms with van der Waals surface area (Å²) in [7, 11) is 1.64. The number of amides is 1. The molecule has 0 unspecified atom stereocenters. The van der Waals surface area contributed by atoms with Gasteiger partial charge in [-0.05, 0) is 111 Å². The Kier molecular flexibility index (Phi) is 10.2. The third-order valence-corrected chi connectivity index (χ3v) is 12.8. The third kappa shape index (κ3) is 6.84. The minimum absolute atomic E-state index is 0.123. The average molecular weight is 611 g/mol. The van der Waals surface area contributed by atoms with E-state index in [0.717, 1.165) is 54.7 Å². The van der Waals surface area contributed by atoms with Gasteiger partial charge < -0.3 is 20.3 Å². The Balaban J connectivity index is 1.27. The van der Waals surface area contributed by atoms with Gasteiger partial charge in [-0.2, -0.15) is 0 Å². The monoisotopic (exact) mass is 610 g/mol. The van der Waals surface area contributed by atoms with E-state index in [4.69, 9.17) is 9.72 Å². The predicted octanol–water partition coefficient (Wildman–Crippen LogP) is 7.80. The molecule has 7 heteroatoms. The topological polar surface area (TPSA) is 91.7 Å². The molecule has 5 rings (SSSR count). The van der Waals surface area contributed by atoms with Crippen molar-refractivity contribution >= 4 is 17.4 Å². The summed E-state index contributed by atoms with van der Waals surface area (Å²) in [6.45, 7) is 11.3. The number of allylic oxidation sites excluding steroid dienone is 3. The Morgan fingerprint density at radius 1 is 1.26 bits per heavy atom. The van der Waals surface area contributed by atoms with Gasteiger partial charge in [0.1, 0.15) is 11.1 Å². The largest absolute Gasteiger partial charge is 0.445 e. The summed E-state index contributed by atoms with van der Waals surface area (Å²) in [4.78, 5) is 18.7. The normalized spacial score (nSPS) is 33.3. The van der Waals surface area contributed by atoms with Gasteiger partial charge in [-0.25, -0.2) is 9.78 Å². The molecule has 4 aliphatic rings. The number of alkyl carbamates (subject to hydrolysis) is 1. The molecule has 4 fully saturated rings. The van der Waals surface area contributed by atoms with Gasteiger partial charge >= 0.3 is 6.09 Å². The molecule has 0 bridgehead atoms. The molecule has 1 heterocycles. The first-order chi connectivity index (χ1) is 20.6. The minimum Gasteiger partial charge on any atom is -0.445 e. The number of thiazole rings is 1. The van der Waals surface area contributed by atoms with Crippen LogP contribution >= 0.6 is 11.3 Å².